The van der Waals surface area contributed by atoms with E-state index in [1.165, 1.54) is 12.1 Å². The van der Waals surface area contributed by atoms with Crippen LogP contribution < -0.4 is 0 Å². The molecule has 12 heteroatoms. The third-order valence-electron chi connectivity index (χ3n) is 4.88. The second-order valence-corrected chi connectivity index (χ2v) is 7.02. The van der Waals surface area contributed by atoms with Crippen molar-refractivity contribution < 1.29 is 31.9 Å². The molecule has 1 aliphatic heterocycles. The van der Waals surface area contributed by atoms with Crippen molar-refractivity contribution in [1.82, 2.24) is 20.0 Å². The zero-order valence-corrected chi connectivity index (χ0v) is 16.1. The predicted molar refractivity (Wildman–Crippen MR) is 100 cm³/mol. The van der Waals surface area contributed by atoms with Crippen LogP contribution in [0.2, 0.25) is 0 Å². The Labute approximate surface area is 177 Å². The van der Waals surface area contributed by atoms with Crippen molar-refractivity contribution in [3.8, 4) is 0 Å². The minimum absolute atomic E-state index is 0.0899. The largest absolute Gasteiger partial charge is 0.438 e. The molecule has 4 rings (SSSR count). The van der Waals surface area contributed by atoms with Crippen molar-refractivity contribution in [2.75, 3.05) is 0 Å². The van der Waals surface area contributed by atoms with Gasteiger partial charge >= 0.3 is 6.18 Å². The van der Waals surface area contributed by atoms with Crippen molar-refractivity contribution in [3.63, 3.8) is 0 Å². The molecule has 0 aliphatic carbocycles. The molecule has 0 spiro atoms. The minimum Gasteiger partial charge on any atom is -0.362 e. The topological polar surface area (TPSA) is 83.6 Å². The van der Waals surface area contributed by atoms with Crippen molar-refractivity contribution in [3.05, 3.63) is 83.2 Å². The maximum Gasteiger partial charge on any atom is 0.438 e. The molecular formula is C20H14F5N5O2. The van der Waals surface area contributed by atoms with Crippen molar-refractivity contribution in [1.29, 1.82) is 0 Å². The number of benzene rings is 2. The smallest absolute Gasteiger partial charge is 0.362 e. The Morgan fingerprint density at radius 1 is 1.06 bits per heavy atom. The Hall–Kier alpha value is -3.67. The summed E-state index contributed by atoms with van der Waals surface area (Å²) in [6, 6.07) is 11.0. The van der Waals surface area contributed by atoms with Crippen molar-refractivity contribution in [2.24, 2.45) is 5.10 Å². The molecule has 1 N–H and O–H groups in total. The minimum atomic E-state index is -5.23. The first kappa shape index (κ1) is 21.6. The molecule has 32 heavy (non-hydrogen) atoms. The van der Waals surface area contributed by atoms with Gasteiger partial charge in [-0.25, -0.2) is 13.5 Å². The molecular weight excluding hydrogens is 437 g/mol. The van der Waals surface area contributed by atoms with Gasteiger partial charge in [0, 0.05) is 5.56 Å². The second kappa shape index (κ2) is 7.79. The van der Waals surface area contributed by atoms with Crippen LogP contribution in [-0.2, 0) is 6.54 Å². The van der Waals surface area contributed by atoms with Crippen molar-refractivity contribution >= 4 is 11.6 Å². The van der Waals surface area contributed by atoms with E-state index in [-0.39, 0.29) is 16.3 Å². The van der Waals surface area contributed by atoms with Gasteiger partial charge in [-0.2, -0.15) is 23.3 Å². The number of amides is 1. The third kappa shape index (κ3) is 3.73. The van der Waals surface area contributed by atoms with E-state index in [4.69, 9.17) is 0 Å². The summed E-state index contributed by atoms with van der Waals surface area (Å²) >= 11 is 0. The zero-order chi connectivity index (χ0) is 23.1. The Kier molecular flexibility index (Phi) is 5.25. The summed E-state index contributed by atoms with van der Waals surface area (Å²) < 4.78 is 69.7. The number of hydrazone groups is 1. The highest BCUT2D eigenvalue weighted by molar-refractivity contribution is 6.05. The lowest BCUT2D eigenvalue weighted by molar-refractivity contribution is -0.297. The molecule has 1 unspecified atom stereocenters. The van der Waals surface area contributed by atoms with Crippen LogP contribution in [0.25, 0.3) is 0 Å². The molecule has 0 saturated heterocycles. The van der Waals surface area contributed by atoms with E-state index >= 15 is 0 Å². The fraction of sp³-hybridized carbons (Fsp3) is 0.200. The number of halogens is 5. The summed E-state index contributed by atoms with van der Waals surface area (Å²) in [6.45, 7) is -0.457. The van der Waals surface area contributed by atoms with Gasteiger partial charge in [0.05, 0.1) is 24.9 Å². The number of aromatic nitrogens is 3. The predicted octanol–water partition coefficient (Wildman–Crippen LogP) is 3.11. The Morgan fingerprint density at radius 2 is 1.72 bits per heavy atom. The highest BCUT2D eigenvalue weighted by Gasteiger charge is 2.63. The first-order valence-corrected chi connectivity index (χ1v) is 9.20. The van der Waals surface area contributed by atoms with E-state index in [0.717, 1.165) is 29.1 Å². The molecule has 1 aliphatic rings. The number of alkyl halides is 3. The Bertz CT molecular complexity index is 1170. The SMILES string of the molecule is O=C(c1cn(Cc2c(F)cccc2F)nn1)N1N=C(c2ccccc2)CC1(O)C(F)(F)F. The molecule has 1 amide bonds. The summed E-state index contributed by atoms with van der Waals surface area (Å²) in [7, 11) is 0. The average molecular weight is 451 g/mol. The van der Waals surface area contributed by atoms with Crippen LogP contribution in [-0.4, -0.2) is 48.6 Å². The molecule has 0 radical (unpaired) electrons. The summed E-state index contributed by atoms with van der Waals surface area (Å²) in [5.41, 5.74) is -4.42. The average Bonchev–Trinajstić information content (AvgIpc) is 3.36. The molecule has 1 atom stereocenters. The first-order chi connectivity index (χ1) is 15.1. The monoisotopic (exact) mass is 451 g/mol. The lowest BCUT2D eigenvalue weighted by atomic mass is 10.0. The quantitative estimate of drug-likeness (QED) is 0.618. The number of carbonyl (C=O) groups is 1. The number of aliphatic hydroxyl groups is 1. The molecule has 166 valence electrons. The zero-order valence-electron chi connectivity index (χ0n) is 16.1. The van der Waals surface area contributed by atoms with Gasteiger partial charge in [-0.05, 0) is 17.7 Å². The maximum absolute atomic E-state index is 13.8. The molecule has 0 fully saturated rings. The molecule has 2 heterocycles. The molecule has 0 bridgehead atoms. The number of rotatable bonds is 4. The van der Waals surface area contributed by atoms with Crippen LogP contribution in [0.3, 0.4) is 0 Å². The van der Waals surface area contributed by atoms with E-state index in [1.54, 1.807) is 18.2 Å². The van der Waals surface area contributed by atoms with E-state index in [2.05, 4.69) is 15.4 Å². The van der Waals surface area contributed by atoms with Gasteiger partial charge in [0.1, 0.15) is 11.6 Å². The third-order valence-corrected chi connectivity index (χ3v) is 4.88. The highest BCUT2D eigenvalue weighted by Crippen LogP contribution is 2.41. The van der Waals surface area contributed by atoms with Gasteiger partial charge in [-0.1, -0.05) is 41.6 Å². The second-order valence-electron chi connectivity index (χ2n) is 7.02. The van der Waals surface area contributed by atoms with Crippen LogP contribution in [0.5, 0.6) is 0 Å². The molecule has 0 saturated carbocycles. The van der Waals surface area contributed by atoms with Gasteiger partial charge in [0.25, 0.3) is 11.6 Å². The number of hydrogen-bond acceptors (Lipinski definition) is 5. The van der Waals surface area contributed by atoms with E-state index in [1.807, 2.05) is 0 Å². The van der Waals surface area contributed by atoms with Gasteiger partial charge in [-0.15, -0.1) is 5.10 Å². The summed E-state index contributed by atoms with van der Waals surface area (Å²) in [5, 5.41) is 21.0. The number of carbonyl (C=O) groups excluding carboxylic acids is 1. The highest BCUT2D eigenvalue weighted by atomic mass is 19.4. The summed E-state index contributed by atoms with van der Waals surface area (Å²) in [6.07, 6.45) is -5.29. The van der Waals surface area contributed by atoms with E-state index in [9.17, 15) is 31.9 Å². The van der Waals surface area contributed by atoms with Crippen LogP contribution in [0.15, 0.2) is 59.8 Å². The van der Waals surface area contributed by atoms with Crippen LogP contribution in [0, 0.1) is 11.6 Å². The molecule has 7 nitrogen and oxygen atoms in total. The normalized spacial score (nSPS) is 18.7. The number of hydrogen-bond donors (Lipinski definition) is 1. The molecule has 3 aromatic rings. The molecule has 2 aromatic carbocycles. The summed E-state index contributed by atoms with van der Waals surface area (Å²) in [5.74, 6) is -3.11. The van der Waals surface area contributed by atoms with Crippen LogP contribution in [0.1, 0.15) is 28.0 Å². The van der Waals surface area contributed by atoms with Crippen molar-refractivity contribution in [2.45, 2.75) is 24.9 Å². The van der Waals surface area contributed by atoms with E-state index in [0.29, 0.717) is 5.56 Å². The van der Waals surface area contributed by atoms with Gasteiger partial charge in [-0.3, -0.25) is 4.79 Å². The fourth-order valence-corrected chi connectivity index (χ4v) is 3.20. The first-order valence-electron chi connectivity index (χ1n) is 9.20. The Balaban J connectivity index is 1.65. The van der Waals surface area contributed by atoms with Crippen LogP contribution >= 0.6 is 0 Å². The molecule has 1 aromatic heterocycles. The van der Waals surface area contributed by atoms with Gasteiger partial charge in [0.2, 0.25) is 0 Å². The lowest BCUT2D eigenvalue weighted by Crippen LogP contribution is -2.56. The maximum atomic E-state index is 13.8. The number of nitrogens with zero attached hydrogens (tertiary/aromatic N) is 5. The lowest BCUT2D eigenvalue weighted by Gasteiger charge is -2.32. The van der Waals surface area contributed by atoms with Gasteiger partial charge in [0.15, 0.2) is 5.69 Å². The Morgan fingerprint density at radius 3 is 2.34 bits per heavy atom. The fourth-order valence-electron chi connectivity index (χ4n) is 3.20. The standard InChI is InChI=1S/C20H14F5N5O2/c21-14-7-4-8-15(22)13(14)10-29-11-17(26-28-29)18(31)30-19(32,20(23,24)25)9-16(27-30)12-5-2-1-3-6-12/h1-8,11,32H,9-10H2. The van der Waals surface area contributed by atoms with Crippen LogP contribution in [0.4, 0.5) is 22.0 Å². The van der Waals surface area contributed by atoms with E-state index < -0.39 is 48.1 Å². The summed E-state index contributed by atoms with van der Waals surface area (Å²) in [4.78, 5) is 12.8. The van der Waals surface area contributed by atoms with Gasteiger partial charge < -0.3 is 5.11 Å².